The predicted octanol–water partition coefficient (Wildman–Crippen LogP) is 5.56. The second-order valence-electron chi connectivity index (χ2n) is 10.3. The number of carbonyl (C=O) groups excluding carboxylic acids is 1. The average molecular weight is 519 g/mol. The van der Waals surface area contributed by atoms with Gasteiger partial charge in [0.05, 0.1) is 37.0 Å². The van der Waals surface area contributed by atoms with Crippen LogP contribution in [0, 0.1) is 0 Å². The highest BCUT2D eigenvalue weighted by molar-refractivity contribution is 6.06. The third kappa shape index (κ3) is 4.29. The zero-order chi connectivity index (χ0) is 26.3. The number of methoxy groups -OCH3 is 1. The van der Waals surface area contributed by atoms with E-state index >= 15 is 0 Å². The lowest BCUT2D eigenvalue weighted by Crippen LogP contribution is -2.37. The van der Waals surface area contributed by atoms with Crippen molar-refractivity contribution in [2.45, 2.75) is 18.9 Å². The molecule has 0 spiro atoms. The quantitative estimate of drug-likeness (QED) is 0.330. The molecule has 2 aliphatic heterocycles. The average Bonchev–Trinajstić information content (AvgIpc) is 3.27. The summed E-state index contributed by atoms with van der Waals surface area (Å²) < 4.78 is 13.5. The van der Waals surface area contributed by atoms with Crippen molar-refractivity contribution in [1.29, 1.82) is 0 Å². The van der Waals surface area contributed by atoms with E-state index in [0.717, 1.165) is 69.8 Å². The Morgan fingerprint density at radius 3 is 2.67 bits per heavy atom. The number of carbonyl (C=O) groups is 1. The zero-order valence-corrected chi connectivity index (χ0v) is 21.9. The SMILES string of the molecule is COc1ccc2nc(N3CCOCC3)c([C@@H]3CC(=O)Nc4cccc5c4c3cn5Cc3ccccc3)cc2c1. The number of amides is 1. The van der Waals surface area contributed by atoms with Crippen LogP contribution in [0.5, 0.6) is 5.75 Å². The minimum absolute atomic E-state index is 0.0111. The normalized spacial score (nSPS) is 17.3. The molecule has 1 amide bonds. The van der Waals surface area contributed by atoms with Crippen molar-refractivity contribution in [2.24, 2.45) is 0 Å². The van der Waals surface area contributed by atoms with E-state index in [9.17, 15) is 4.79 Å². The van der Waals surface area contributed by atoms with Crippen LogP contribution in [-0.2, 0) is 16.1 Å². The first kappa shape index (κ1) is 23.7. The maximum atomic E-state index is 13.3. The van der Waals surface area contributed by atoms with Crippen LogP contribution in [-0.4, -0.2) is 48.9 Å². The molecule has 0 unspecified atom stereocenters. The van der Waals surface area contributed by atoms with Crippen LogP contribution in [0.15, 0.2) is 79.0 Å². The van der Waals surface area contributed by atoms with Gasteiger partial charge in [-0.25, -0.2) is 4.98 Å². The molecule has 3 aromatic carbocycles. The van der Waals surface area contributed by atoms with Gasteiger partial charge in [-0.3, -0.25) is 4.79 Å². The number of pyridine rings is 1. The highest BCUT2D eigenvalue weighted by atomic mass is 16.5. The first-order chi connectivity index (χ1) is 19.2. The first-order valence-corrected chi connectivity index (χ1v) is 13.4. The van der Waals surface area contributed by atoms with E-state index < -0.39 is 0 Å². The molecule has 39 heavy (non-hydrogen) atoms. The zero-order valence-electron chi connectivity index (χ0n) is 21.9. The van der Waals surface area contributed by atoms with Crippen LogP contribution >= 0.6 is 0 Å². The molecule has 7 nitrogen and oxygen atoms in total. The van der Waals surface area contributed by atoms with Crippen LogP contribution < -0.4 is 15.0 Å². The smallest absolute Gasteiger partial charge is 0.225 e. The van der Waals surface area contributed by atoms with Gasteiger partial charge in [0.15, 0.2) is 0 Å². The van der Waals surface area contributed by atoms with Gasteiger partial charge >= 0.3 is 0 Å². The Labute approximate surface area is 227 Å². The molecule has 0 aliphatic carbocycles. The van der Waals surface area contributed by atoms with Crippen LogP contribution in [0.2, 0.25) is 0 Å². The van der Waals surface area contributed by atoms with Crippen molar-refractivity contribution in [2.75, 3.05) is 43.6 Å². The standard InChI is InChI=1S/C32H30N4O3/c1-38-23-10-11-27-22(16-23)17-25(32(34-27)35-12-14-39-15-13-35)24-18-30(37)33-28-8-5-9-29-31(28)26(24)20-36(29)19-21-6-3-2-4-7-21/h2-11,16-17,20,24H,12-15,18-19H2,1H3,(H,33,37)/t24-/m0/s1. The third-order valence-corrected chi connectivity index (χ3v) is 7.89. The van der Waals surface area contributed by atoms with Crippen LogP contribution in [0.4, 0.5) is 11.5 Å². The molecule has 2 aromatic heterocycles. The molecule has 1 fully saturated rings. The van der Waals surface area contributed by atoms with E-state index in [0.29, 0.717) is 19.6 Å². The Bertz CT molecular complexity index is 1690. The van der Waals surface area contributed by atoms with E-state index in [1.807, 2.05) is 36.4 Å². The second-order valence-corrected chi connectivity index (χ2v) is 10.3. The summed E-state index contributed by atoms with van der Waals surface area (Å²) in [6.45, 7) is 3.61. The molecule has 0 bridgehead atoms. The molecular formula is C32H30N4O3. The lowest BCUT2D eigenvalue weighted by atomic mass is 9.87. The number of aromatic nitrogens is 2. The van der Waals surface area contributed by atoms with Crippen LogP contribution in [0.1, 0.15) is 29.0 Å². The Morgan fingerprint density at radius 1 is 1.00 bits per heavy atom. The van der Waals surface area contributed by atoms with E-state index in [-0.39, 0.29) is 11.8 Å². The molecule has 1 saturated heterocycles. The predicted molar refractivity (Wildman–Crippen MR) is 154 cm³/mol. The Kier molecular flexibility index (Phi) is 5.93. The van der Waals surface area contributed by atoms with Crippen LogP contribution in [0.25, 0.3) is 21.8 Å². The van der Waals surface area contributed by atoms with Crippen molar-refractivity contribution in [3.63, 3.8) is 0 Å². The number of rotatable bonds is 5. The Morgan fingerprint density at radius 2 is 1.85 bits per heavy atom. The van der Waals surface area contributed by atoms with Gasteiger partial charge < -0.3 is 24.3 Å². The Hall–Kier alpha value is -4.36. The number of nitrogens with zero attached hydrogens (tertiary/aromatic N) is 3. The number of anilines is 2. The maximum absolute atomic E-state index is 13.3. The molecule has 1 atom stereocenters. The fourth-order valence-corrected chi connectivity index (χ4v) is 6.01. The van der Waals surface area contributed by atoms with Gasteiger partial charge in [-0.15, -0.1) is 0 Å². The number of ether oxygens (including phenoxy) is 2. The van der Waals surface area contributed by atoms with Gasteiger partial charge in [-0.05, 0) is 47.5 Å². The van der Waals surface area contributed by atoms with Crippen LogP contribution in [0.3, 0.4) is 0 Å². The largest absolute Gasteiger partial charge is 0.497 e. The minimum Gasteiger partial charge on any atom is -0.497 e. The fraction of sp³-hybridized carbons (Fsp3) is 0.250. The van der Waals surface area contributed by atoms with E-state index in [1.165, 1.54) is 5.56 Å². The molecule has 196 valence electrons. The summed E-state index contributed by atoms with van der Waals surface area (Å²) in [5, 5.41) is 5.29. The number of morpholine rings is 1. The molecule has 4 heterocycles. The highest BCUT2D eigenvalue weighted by Gasteiger charge is 2.31. The Balaban J connectivity index is 1.45. The van der Waals surface area contributed by atoms with Crippen molar-refractivity contribution in [1.82, 2.24) is 9.55 Å². The third-order valence-electron chi connectivity index (χ3n) is 7.89. The summed E-state index contributed by atoms with van der Waals surface area (Å²) >= 11 is 0. The van der Waals surface area contributed by atoms with Crippen molar-refractivity contribution in [3.05, 3.63) is 95.7 Å². The molecule has 0 radical (unpaired) electrons. The maximum Gasteiger partial charge on any atom is 0.225 e. The second kappa shape index (κ2) is 9.75. The molecule has 7 rings (SSSR count). The summed E-state index contributed by atoms with van der Waals surface area (Å²) in [7, 11) is 1.68. The summed E-state index contributed by atoms with van der Waals surface area (Å²) in [6.07, 6.45) is 2.58. The summed E-state index contributed by atoms with van der Waals surface area (Å²) in [4.78, 5) is 20.8. The molecule has 5 aromatic rings. The van der Waals surface area contributed by atoms with Gasteiger partial charge in [0.2, 0.25) is 5.91 Å². The van der Waals surface area contributed by atoms with Crippen molar-refractivity contribution in [3.8, 4) is 5.75 Å². The lowest BCUT2D eigenvalue weighted by molar-refractivity contribution is -0.116. The van der Waals surface area contributed by atoms with Crippen molar-refractivity contribution < 1.29 is 14.3 Å². The number of hydrogen-bond donors (Lipinski definition) is 1. The highest BCUT2D eigenvalue weighted by Crippen LogP contribution is 2.44. The molecule has 0 saturated carbocycles. The fourth-order valence-electron chi connectivity index (χ4n) is 6.01. The number of benzene rings is 3. The molecule has 7 heteroatoms. The number of fused-ring (bicyclic) bond motifs is 1. The monoisotopic (exact) mass is 518 g/mol. The summed E-state index contributed by atoms with van der Waals surface area (Å²) in [6, 6.07) is 24.8. The van der Waals surface area contributed by atoms with E-state index in [2.05, 4.69) is 57.4 Å². The molecule has 1 N–H and O–H groups in total. The molecular weight excluding hydrogens is 488 g/mol. The summed E-state index contributed by atoms with van der Waals surface area (Å²) in [5.74, 6) is 1.57. The van der Waals surface area contributed by atoms with Gasteiger partial charge in [0.25, 0.3) is 0 Å². The molecule has 2 aliphatic rings. The van der Waals surface area contributed by atoms with Gasteiger partial charge in [-0.1, -0.05) is 36.4 Å². The topological polar surface area (TPSA) is 68.6 Å². The number of nitrogens with one attached hydrogen (secondary N) is 1. The van der Waals surface area contributed by atoms with Gasteiger partial charge in [0.1, 0.15) is 11.6 Å². The minimum atomic E-state index is -0.158. The summed E-state index contributed by atoms with van der Waals surface area (Å²) in [5.41, 5.74) is 6.33. The van der Waals surface area contributed by atoms with E-state index in [1.54, 1.807) is 7.11 Å². The number of hydrogen-bond acceptors (Lipinski definition) is 5. The van der Waals surface area contributed by atoms with E-state index in [4.69, 9.17) is 14.5 Å². The van der Waals surface area contributed by atoms with Crippen molar-refractivity contribution >= 4 is 39.2 Å². The van der Waals surface area contributed by atoms with Gasteiger partial charge in [0, 0.05) is 54.5 Å². The first-order valence-electron chi connectivity index (χ1n) is 13.4. The lowest BCUT2D eigenvalue weighted by Gasteiger charge is -2.31. The van der Waals surface area contributed by atoms with Gasteiger partial charge in [-0.2, -0.15) is 0 Å².